The summed E-state index contributed by atoms with van der Waals surface area (Å²) in [5.41, 5.74) is 0. The predicted molar refractivity (Wildman–Crippen MR) is 87.0 cm³/mol. The lowest BCUT2D eigenvalue weighted by atomic mass is 9.70. The Labute approximate surface area is 134 Å². The van der Waals surface area contributed by atoms with Crippen LogP contribution in [0.15, 0.2) is 12.2 Å². The first-order valence-corrected chi connectivity index (χ1v) is 9.33. The number of ether oxygens (including phenoxy) is 1. The van der Waals surface area contributed by atoms with Crippen LogP contribution in [0.4, 0.5) is 8.78 Å². The summed E-state index contributed by atoms with van der Waals surface area (Å²) in [6, 6.07) is 0. The fourth-order valence-corrected chi connectivity index (χ4v) is 4.29. The van der Waals surface area contributed by atoms with Gasteiger partial charge in [-0.05, 0) is 81.6 Å². The zero-order valence-corrected chi connectivity index (χ0v) is 14.0. The lowest BCUT2D eigenvalue weighted by Gasteiger charge is -2.37. The molecule has 0 bridgehead atoms. The van der Waals surface area contributed by atoms with Gasteiger partial charge in [0.1, 0.15) is 0 Å². The average Bonchev–Trinajstić information content (AvgIpc) is 2.52. The van der Waals surface area contributed by atoms with E-state index < -0.39 is 6.08 Å². The number of allylic oxidation sites excluding steroid dienone is 1. The van der Waals surface area contributed by atoms with Gasteiger partial charge in [0.2, 0.25) is 0 Å². The molecule has 0 aromatic carbocycles. The van der Waals surface area contributed by atoms with Crippen molar-refractivity contribution in [3.8, 4) is 0 Å². The highest BCUT2D eigenvalue weighted by molar-refractivity contribution is 4.92. The molecule has 3 heteroatoms. The van der Waals surface area contributed by atoms with Gasteiger partial charge in [-0.1, -0.05) is 19.8 Å². The zero-order valence-electron chi connectivity index (χ0n) is 14.0. The predicted octanol–water partition coefficient (Wildman–Crippen LogP) is 6.34. The molecule has 0 N–H and O–H groups in total. The molecule has 128 valence electrons. The molecule has 0 heterocycles. The topological polar surface area (TPSA) is 9.23 Å². The molecule has 0 unspecified atom stereocenters. The van der Waals surface area contributed by atoms with Crippen molar-refractivity contribution in [2.75, 3.05) is 6.61 Å². The number of halogens is 2. The third kappa shape index (κ3) is 5.98. The van der Waals surface area contributed by atoms with E-state index in [0.717, 1.165) is 44.1 Å². The molecule has 0 spiro atoms. The second-order valence-corrected chi connectivity index (χ2v) is 7.25. The van der Waals surface area contributed by atoms with Gasteiger partial charge in [-0.25, -0.2) is 0 Å². The SMILES string of the molecule is CCCCCO[C@H]1CC[C@H]([C@H]2CC[C@H](C=C(F)F)CC2)CC1. The van der Waals surface area contributed by atoms with Crippen LogP contribution in [-0.2, 0) is 4.74 Å². The minimum atomic E-state index is -1.50. The van der Waals surface area contributed by atoms with Crippen LogP contribution in [0.2, 0.25) is 0 Å². The Morgan fingerprint density at radius 3 is 2.05 bits per heavy atom. The molecule has 0 aromatic rings. The monoisotopic (exact) mass is 314 g/mol. The normalized spacial score (nSPS) is 32.7. The summed E-state index contributed by atoms with van der Waals surface area (Å²) in [6.07, 6.45) is 13.0. The van der Waals surface area contributed by atoms with Crippen molar-refractivity contribution in [3.63, 3.8) is 0 Å². The van der Waals surface area contributed by atoms with Crippen LogP contribution in [0, 0.1) is 17.8 Å². The van der Waals surface area contributed by atoms with Crippen LogP contribution < -0.4 is 0 Å². The standard InChI is InChI=1S/C19H32F2O/c1-2-3-4-13-22-18-11-9-17(10-12-18)16-7-5-15(6-8-16)14-19(20)21/h14-18H,2-13H2,1H3/t15-,16-,17-,18-. The van der Waals surface area contributed by atoms with Gasteiger partial charge in [-0.3, -0.25) is 0 Å². The van der Waals surface area contributed by atoms with Crippen molar-refractivity contribution >= 4 is 0 Å². The minimum absolute atomic E-state index is 0.125. The Balaban J connectivity index is 1.62. The second kappa shape index (κ2) is 9.64. The quantitative estimate of drug-likeness (QED) is 0.498. The molecule has 2 aliphatic rings. The molecule has 0 atom stereocenters. The van der Waals surface area contributed by atoms with E-state index in [1.165, 1.54) is 51.0 Å². The molecule has 2 aliphatic carbocycles. The highest BCUT2D eigenvalue weighted by Crippen LogP contribution is 2.41. The van der Waals surface area contributed by atoms with E-state index in [4.69, 9.17) is 4.74 Å². The first kappa shape index (κ1) is 17.9. The van der Waals surface area contributed by atoms with Crippen molar-refractivity contribution in [1.82, 2.24) is 0 Å². The Morgan fingerprint density at radius 1 is 0.909 bits per heavy atom. The van der Waals surface area contributed by atoms with Crippen molar-refractivity contribution in [1.29, 1.82) is 0 Å². The highest BCUT2D eigenvalue weighted by atomic mass is 19.3. The third-order valence-corrected chi connectivity index (χ3v) is 5.67. The molecule has 0 amide bonds. The molecular formula is C19H32F2O. The minimum Gasteiger partial charge on any atom is -0.378 e. The number of rotatable bonds is 7. The maximum atomic E-state index is 12.3. The molecule has 2 fully saturated rings. The van der Waals surface area contributed by atoms with Crippen molar-refractivity contribution in [3.05, 3.63) is 12.2 Å². The van der Waals surface area contributed by atoms with E-state index >= 15 is 0 Å². The molecule has 0 aliphatic heterocycles. The summed E-state index contributed by atoms with van der Waals surface area (Å²) >= 11 is 0. The summed E-state index contributed by atoms with van der Waals surface area (Å²) in [6.45, 7) is 3.15. The Bertz CT molecular complexity index is 322. The first-order valence-electron chi connectivity index (χ1n) is 9.33. The lowest BCUT2D eigenvalue weighted by Crippen LogP contribution is -2.28. The maximum absolute atomic E-state index is 12.3. The van der Waals surface area contributed by atoms with Gasteiger partial charge in [-0.15, -0.1) is 0 Å². The summed E-state index contributed by atoms with van der Waals surface area (Å²) in [4.78, 5) is 0. The van der Waals surface area contributed by atoms with Crippen molar-refractivity contribution in [2.24, 2.45) is 17.8 Å². The fourth-order valence-electron chi connectivity index (χ4n) is 4.29. The van der Waals surface area contributed by atoms with Crippen LogP contribution in [0.25, 0.3) is 0 Å². The second-order valence-electron chi connectivity index (χ2n) is 7.25. The smallest absolute Gasteiger partial charge is 0.266 e. The largest absolute Gasteiger partial charge is 0.378 e. The number of hydrogen-bond acceptors (Lipinski definition) is 1. The van der Waals surface area contributed by atoms with Crippen LogP contribution >= 0.6 is 0 Å². The third-order valence-electron chi connectivity index (χ3n) is 5.67. The summed E-state index contributed by atoms with van der Waals surface area (Å²) in [5, 5.41) is 0. The summed E-state index contributed by atoms with van der Waals surface area (Å²) in [7, 11) is 0. The van der Waals surface area contributed by atoms with Gasteiger partial charge in [0, 0.05) is 6.61 Å². The Hall–Kier alpha value is -0.440. The van der Waals surface area contributed by atoms with E-state index in [-0.39, 0.29) is 5.92 Å². The molecular weight excluding hydrogens is 282 g/mol. The van der Waals surface area contributed by atoms with Crippen LogP contribution in [0.1, 0.15) is 77.6 Å². The molecule has 22 heavy (non-hydrogen) atoms. The van der Waals surface area contributed by atoms with E-state index in [2.05, 4.69) is 6.92 Å². The van der Waals surface area contributed by atoms with Crippen molar-refractivity contribution < 1.29 is 13.5 Å². The van der Waals surface area contributed by atoms with Crippen molar-refractivity contribution in [2.45, 2.75) is 83.7 Å². The molecule has 2 rings (SSSR count). The van der Waals surface area contributed by atoms with Gasteiger partial charge in [0.15, 0.2) is 0 Å². The lowest BCUT2D eigenvalue weighted by molar-refractivity contribution is 0.00602. The first-order chi connectivity index (χ1) is 10.7. The van der Waals surface area contributed by atoms with Gasteiger partial charge < -0.3 is 4.74 Å². The van der Waals surface area contributed by atoms with E-state index in [0.29, 0.717) is 6.10 Å². The zero-order chi connectivity index (χ0) is 15.8. The average molecular weight is 314 g/mol. The summed E-state index contributed by atoms with van der Waals surface area (Å²) < 4.78 is 30.6. The molecule has 0 radical (unpaired) electrons. The molecule has 0 aromatic heterocycles. The Morgan fingerprint density at radius 2 is 1.50 bits per heavy atom. The van der Waals surface area contributed by atoms with E-state index in [1.54, 1.807) is 0 Å². The fraction of sp³-hybridized carbons (Fsp3) is 0.895. The van der Waals surface area contributed by atoms with Crippen LogP contribution in [-0.4, -0.2) is 12.7 Å². The summed E-state index contributed by atoms with van der Waals surface area (Å²) in [5.74, 6) is 1.71. The van der Waals surface area contributed by atoms with Crippen LogP contribution in [0.3, 0.4) is 0 Å². The molecule has 1 nitrogen and oxygen atoms in total. The van der Waals surface area contributed by atoms with Gasteiger partial charge >= 0.3 is 0 Å². The van der Waals surface area contributed by atoms with Crippen LogP contribution in [0.5, 0.6) is 0 Å². The van der Waals surface area contributed by atoms with Gasteiger partial charge in [0.25, 0.3) is 6.08 Å². The van der Waals surface area contributed by atoms with E-state index in [9.17, 15) is 8.78 Å². The molecule has 0 saturated heterocycles. The van der Waals surface area contributed by atoms with E-state index in [1.807, 2.05) is 0 Å². The van der Waals surface area contributed by atoms with Gasteiger partial charge in [-0.2, -0.15) is 8.78 Å². The molecule has 2 saturated carbocycles. The Kier molecular flexibility index (Phi) is 7.85. The van der Waals surface area contributed by atoms with Gasteiger partial charge in [0.05, 0.1) is 6.10 Å². The maximum Gasteiger partial charge on any atom is 0.266 e. The number of unbranched alkanes of at least 4 members (excludes halogenated alkanes) is 2. The highest BCUT2D eigenvalue weighted by Gasteiger charge is 2.30. The number of hydrogen-bond donors (Lipinski definition) is 0.